The Kier molecular flexibility index (Phi) is 3.13. The second-order valence-electron chi connectivity index (χ2n) is 5.07. The van der Waals surface area contributed by atoms with Gasteiger partial charge in [-0.05, 0) is 50.5 Å². The first-order valence-electron chi connectivity index (χ1n) is 5.78. The molecule has 16 heavy (non-hydrogen) atoms. The molecule has 2 rings (SSSR count). The summed E-state index contributed by atoms with van der Waals surface area (Å²) in [6, 6.07) is 6.09. The highest BCUT2D eigenvalue weighted by molar-refractivity contribution is 6.30. The van der Waals surface area contributed by atoms with Crippen LogP contribution in [-0.2, 0) is 0 Å². The third-order valence-electron chi connectivity index (χ3n) is 3.41. The van der Waals surface area contributed by atoms with Crippen LogP contribution in [0.2, 0.25) is 5.02 Å². The second kappa shape index (κ2) is 4.27. The van der Waals surface area contributed by atoms with Crippen LogP contribution in [0, 0.1) is 6.92 Å². The van der Waals surface area contributed by atoms with Crippen LogP contribution in [-0.4, -0.2) is 18.6 Å². The highest BCUT2D eigenvalue weighted by atomic mass is 35.5. The fourth-order valence-electron chi connectivity index (χ4n) is 2.23. The monoisotopic (exact) mass is 238 g/mol. The number of nitrogens with two attached hydrogens (primary N) is 1. The van der Waals surface area contributed by atoms with Gasteiger partial charge in [-0.2, -0.15) is 0 Å². The largest absolute Gasteiger partial charge is 0.371 e. The Hall–Kier alpha value is -0.730. The number of anilines is 1. The predicted molar refractivity (Wildman–Crippen MR) is 70.2 cm³/mol. The highest BCUT2D eigenvalue weighted by Gasteiger charge is 2.26. The normalized spacial score (nSPS) is 19.9. The number of benzene rings is 1. The summed E-state index contributed by atoms with van der Waals surface area (Å²) in [6.45, 7) is 6.32. The van der Waals surface area contributed by atoms with Crippen molar-refractivity contribution < 1.29 is 0 Å². The van der Waals surface area contributed by atoms with E-state index in [2.05, 4.69) is 24.8 Å². The standard InChI is InChI=1S/C13H19ClN2/c1-10-9-11(14)3-4-12(10)16-7-5-13(2,15)6-8-16/h3-4,9H,5-8,15H2,1-2H3. The molecule has 1 fully saturated rings. The van der Waals surface area contributed by atoms with Crippen molar-refractivity contribution >= 4 is 17.3 Å². The molecule has 0 aromatic heterocycles. The molecule has 0 unspecified atom stereocenters. The van der Waals surface area contributed by atoms with Crippen LogP contribution < -0.4 is 10.6 Å². The smallest absolute Gasteiger partial charge is 0.0410 e. The van der Waals surface area contributed by atoms with Gasteiger partial charge in [0.2, 0.25) is 0 Å². The first-order valence-corrected chi connectivity index (χ1v) is 6.16. The van der Waals surface area contributed by atoms with E-state index in [0.29, 0.717) is 0 Å². The number of halogens is 1. The summed E-state index contributed by atoms with van der Waals surface area (Å²) in [5.41, 5.74) is 8.68. The molecule has 0 saturated carbocycles. The molecule has 1 aliphatic rings. The van der Waals surface area contributed by atoms with Crippen molar-refractivity contribution in [1.82, 2.24) is 0 Å². The minimum absolute atomic E-state index is 0.0107. The van der Waals surface area contributed by atoms with Crippen LogP contribution in [0.4, 0.5) is 5.69 Å². The van der Waals surface area contributed by atoms with E-state index in [1.807, 2.05) is 12.1 Å². The SMILES string of the molecule is Cc1cc(Cl)ccc1N1CCC(C)(N)CC1. The van der Waals surface area contributed by atoms with Gasteiger partial charge in [0.05, 0.1) is 0 Å². The topological polar surface area (TPSA) is 29.3 Å². The average molecular weight is 239 g/mol. The van der Waals surface area contributed by atoms with Crippen molar-refractivity contribution in [3.05, 3.63) is 28.8 Å². The fourth-order valence-corrected chi connectivity index (χ4v) is 2.46. The number of aryl methyl sites for hydroxylation is 1. The van der Waals surface area contributed by atoms with Crippen molar-refractivity contribution in [2.45, 2.75) is 32.2 Å². The first kappa shape index (κ1) is 11.7. The minimum Gasteiger partial charge on any atom is -0.371 e. The van der Waals surface area contributed by atoms with E-state index in [0.717, 1.165) is 31.0 Å². The maximum Gasteiger partial charge on any atom is 0.0410 e. The van der Waals surface area contributed by atoms with Gasteiger partial charge < -0.3 is 10.6 Å². The molecule has 0 atom stereocenters. The number of hydrogen-bond acceptors (Lipinski definition) is 2. The number of rotatable bonds is 1. The van der Waals surface area contributed by atoms with Gasteiger partial charge in [-0.15, -0.1) is 0 Å². The molecule has 2 nitrogen and oxygen atoms in total. The first-order chi connectivity index (χ1) is 7.48. The molecule has 1 aromatic rings. The van der Waals surface area contributed by atoms with Crippen molar-refractivity contribution in [3.63, 3.8) is 0 Å². The number of piperidine rings is 1. The van der Waals surface area contributed by atoms with Crippen molar-refractivity contribution in [3.8, 4) is 0 Å². The van der Waals surface area contributed by atoms with Gasteiger partial charge in [0.1, 0.15) is 0 Å². The molecule has 3 heteroatoms. The maximum absolute atomic E-state index is 6.13. The quantitative estimate of drug-likeness (QED) is 0.815. The van der Waals surface area contributed by atoms with Crippen molar-refractivity contribution in [2.75, 3.05) is 18.0 Å². The van der Waals surface area contributed by atoms with Crippen LogP contribution >= 0.6 is 11.6 Å². The van der Waals surface area contributed by atoms with Crippen LogP contribution in [0.3, 0.4) is 0 Å². The summed E-state index contributed by atoms with van der Waals surface area (Å²) in [5.74, 6) is 0. The fraction of sp³-hybridized carbons (Fsp3) is 0.538. The molecule has 88 valence electrons. The molecular formula is C13H19ClN2. The van der Waals surface area contributed by atoms with E-state index in [1.54, 1.807) is 0 Å². The molecular weight excluding hydrogens is 220 g/mol. The summed E-state index contributed by atoms with van der Waals surface area (Å²) < 4.78 is 0. The van der Waals surface area contributed by atoms with Crippen LogP contribution in [0.25, 0.3) is 0 Å². The Bertz CT molecular complexity index is 378. The molecule has 0 radical (unpaired) electrons. The van der Waals surface area contributed by atoms with Gasteiger partial charge in [-0.1, -0.05) is 11.6 Å². The Balaban J connectivity index is 2.14. The molecule has 0 spiro atoms. The van der Waals surface area contributed by atoms with E-state index in [4.69, 9.17) is 17.3 Å². The van der Waals surface area contributed by atoms with E-state index in [-0.39, 0.29) is 5.54 Å². The van der Waals surface area contributed by atoms with Gasteiger partial charge in [0.25, 0.3) is 0 Å². The van der Waals surface area contributed by atoms with Gasteiger partial charge in [0, 0.05) is 29.3 Å². The van der Waals surface area contributed by atoms with E-state index < -0.39 is 0 Å². The van der Waals surface area contributed by atoms with Gasteiger partial charge in [0.15, 0.2) is 0 Å². The molecule has 0 aliphatic carbocycles. The number of hydrogen-bond donors (Lipinski definition) is 1. The average Bonchev–Trinajstić information content (AvgIpc) is 2.19. The summed E-state index contributed by atoms with van der Waals surface area (Å²) >= 11 is 5.96. The lowest BCUT2D eigenvalue weighted by molar-refractivity contribution is 0.364. The number of nitrogens with zero attached hydrogens (tertiary/aromatic N) is 1. The van der Waals surface area contributed by atoms with Gasteiger partial charge in [-0.25, -0.2) is 0 Å². The molecule has 1 saturated heterocycles. The lowest BCUT2D eigenvalue weighted by atomic mass is 9.90. The lowest BCUT2D eigenvalue weighted by Crippen LogP contribution is -2.48. The van der Waals surface area contributed by atoms with Gasteiger partial charge in [-0.3, -0.25) is 0 Å². The zero-order valence-corrected chi connectivity index (χ0v) is 10.7. The Morgan fingerprint density at radius 2 is 1.94 bits per heavy atom. The molecule has 2 N–H and O–H groups in total. The molecule has 0 amide bonds. The summed E-state index contributed by atoms with van der Waals surface area (Å²) in [7, 11) is 0. The zero-order chi connectivity index (χ0) is 11.8. The van der Waals surface area contributed by atoms with E-state index in [1.165, 1.54) is 11.3 Å². The predicted octanol–water partition coefficient (Wildman–Crippen LogP) is 2.97. The molecule has 1 aromatic carbocycles. The second-order valence-corrected chi connectivity index (χ2v) is 5.51. The molecule has 1 aliphatic heterocycles. The zero-order valence-electron chi connectivity index (χ0n) is 9.96. The lowest BCUT2D eigenvalue weighted by Gasteiger charge is -2.38. The summed E-state index contributed by atoms with van der Waals surface area (Å²) in [6.07, 6.45) is 2.10. The van der Waals surface area contributed by atoms with Crippen LogP contribution in [0.5, 0.6) is 0 Å². The molecule has 0 bridgehead atoms. The van der Waals surface area contributed by atoms with Gasteiger partial charge >= 0.3 is 0 Å². The van der Waals surface area contributed by atoms with Crippen LogP contribution in [0.15, 0.2) is 18.2 Å². The molecule has 1 heterocycles. The maximum atomic E-state index is 6.13. The summed E-state index contributed by atoms with van der Waals surface area (Å²) in [5, 5.41) is 0.807. The Labute approximate surface area is 102 Å². The minimum atomic E-state index is 0.0107. The third-order valence-corrected chi connectivity index (χ3v) is 3.64. The van der Waals surface area contributed by atoms with E-state index >= 15 is 0 Å². The summed E-state index contributed by atoms with van der Waals surface area (Å²) in [4.78, 5) is 2.40. The van der Waals surface area contributed by atoms with E-state index in [9.17, 15) is 0 Å². The Morgan fingerprint density at radius 3 is 2.50 bits per heavy atom. The Morgan fingerprint density at radius 1 is 1.31 bits per heavy atom. The van der Waals surface area contributed by atoms with Crippen molar-refractivity contribution in [2.24, 2.45) is 5.73 Å². The van der Waals surface area contributed by atoms with Crippen molar-refractivity contribution in [1.29, 1.82) is 0 Å². The third kappa shape index (κ3) is 2.50. The highest BCUT2D eigenvalue weighted by Crippen LogP contribution is 2.28. The van der Waals surface area contributed by atoms with Crippen LogP contribution in [0.1, 0.15) is 25.3 Å².